The first-order valence-corrected chi connectivity index (χ1v) is 7.07. The Labute approximate surface area is 126 Å². The van der Waals surface area contributed by atoms with Crippen molar-refractivity contribution in [2.75, 3.05) is 12.4 Å². The monoisotopic (exact) mass is 305 g/mol. The van der Waals surface area contributed by atoms with Crippen LogP contribution in [0.15, 0.2) is 30.4 Å². The molecule has 2 aliphatic rings. The van der Waals surface area contributed by atoms with Gasteiger partial charge in [0.05, 0.1) is 24.6 Å². The Kier molecular flexibility index (Phi) is 3.60. The number of nitrogens with one attached hydrogen (secondary N) is 1. The number of hydrogen-bond donors (Lipinski definition) is 2. The number of carbonyl (C=O) groups is 2. The third-order valence-corrected chi connectivity index (χ3v) is 4.48. The smallest absolute Gasteiger partial charge is 0.307 e. The Morgan fingerprint density at radius 2 is 1.95 bits per heavy atom. The number of halogens is 1. The van der Waals surface area contributed by atoms with Gasteiger partial charge in [0.15, 0.2) is 0 Å². The van der Waals surface area contributed by atoms with E-state index in [4.69, 9.17) is 4.74 Å². The van der Waals surface area contributed by atoms with E-state index in [1.807, 2.05) is 12.2 Å². The summed E-state index contributed by atoms with van der Waals surface area (Å²) in [6.07, 6.45) is 4.41. The van der Waals surface area contributed by atoms with Crippen molar-refractivity contribution in [2.24, 2.45) is 23.7 Å². The highest BCUT2D eigenvalue weighted by Crippen LogP contribution is 2.48. The lowest BCUT2D eigenvalue weighted by molar-refractivity contribution is -0.146. The molecule has 0 aromatic heterocycles. The topological polar surface area (TPSA) is 75.6 Å². The van der Waals surface area contributed by atoms with E-state index in [0.29, 0.717) is 12.2 Å². The molecular formula is C16H16FNO4. The molecule has 0 heterocycles. The molecule has 0 radical (unpaired) electrons. The van der Waals surface area contributed by atoms with Crippen LogP contribution in [0.2, 0.25) is 0 Å². The van der Waals surface area contributed by atoms with E-state index in [1.54, 1.807) is 0 Å². The summed E-state index contributed by atoms with van der Waals surface area (Å²) >= 11 is 0. The molecule has 22 heavy (non-hydrogen) atoms. The fraction of sp³-hybridized carbons (Fsp3) is 0.375. The normalized spacial score (nSPS) is 28.6. The average molecular weight is 305 g/mol. The molecule has 2 bridgehead atoms. The molecule has 4 atom stereocenters. The molecule has 1 aromatic rings. The first kappa shape index (κ1) is 14.6. The van der Waals surface area contributed by atoms with E-state index in [0.717, 1.165) is 0 Å². The van der Waals surface area contributed by atoms with Crippen LogP contribution in [0.25, 0.3) is 0 Å². The number of benzene rings is 1. The van der Waals surface area contributed by atoms with E-state index in [1.165, 1.54) is 25.3 Å². The molecule has 5 nitrogen and oxygen atoms in total. The van der Waals surface area contributed by atoms with Crippen LogP contribution in [0.1, 0.15) is 6.42 Å². The minimum absolute atomic E-state index is 0.000224. The molecule has 1 aromatic carbocycles. The number of anilines is 1. The van der Waals surface area contributed by atoms with E-state index < -0.39 is 29.5 Å². The predicted octanol–water partition coefficient (Wildman–Crippen LogP) is 2.30. The Hall–Kier alpha value is -2.37. The zero-order chi connectivity index (χ0) is 15.9. The summed E-state index contributed by atoms with van der Waals surface area (Å²) in [6.45, 7) is 0. The summed E-state index contributed by atoms with van der Waals surface area (Å²) < 4.78 is 18.8. The number of fused-ring (bicyclic) bond motifs is 2. The van der Waals surface area contributed by atoms with Gasteiger partial charge in [0.1, 0.15) is 11.6 Å². The quantitative estimate of drug-likeness (QED) is 0.837. The van der Waals surface area contributed by atoms with Gasteiger partial charge in [-0.05, 0) is 30.4 Å². The van der Waals surface area contributed by atoms with Crippen LogP contribution in [0.5, 0.6) is 5.75 Å². The van der Waals surface area contributed by atoms with E-state index in [2.05, 4.69) is 5.32 Å². The Morgan fingerprint density at radius 3 is 2.59 bits per heavy atom. The first-order chi connectivity index (χ1) is 10.5. The second kappa shape index (κ2) is 5.44. The molecular weight excluding hydrogens is 289 g/mol. The van der Waals surface area contributed by atoms with Crippen LogP contribution >= 0.6 is 0 Å². The van der Waals surface area contributed by atoms with Crippen LogP contribution in [-0.2, 0) is 9.59 Å². The van der Waals surface area contributed by atoms with Crippen molar-refractivity contribution < 1.29 is 23.8 Å². The fourth-order valence-electron chi connectivity index (χ4n) is 3.46. The highest BCUT2D eigenvalue weighted by atomic mass is 19.1. The van der Waals surface area contributed by atoms with E-state index >= 15 is 0 Å². The van der Waals surface area contributed by atoms with Crippen LogP contribution in [0, 0.1) is 29.5 Å². The summed E-state index contributed by atoms with van der Waals surface area (Å²) in [5, 5.41) is 11.9. The SMILES string of the molecule is COc1ccc(F)c(NC(=O)C2C3C=CC(C3)C2C(=O)O)c1. The van der Waals surface area contributed by atoms with E-state index in [-0.39, 0.29) is 17.5 Å². The van der Waals surface area contributed by atoms with Gasteiger partial charge in [0, 0.05) is 6.07 Å². The van der Waals surface area contributed by atoms with Gasteiger partial charge in [-0.2, -0.15) is 0 Å². The average Bonchev–Trinajstić information content (AvgIpc) is 3.10. The summed E-state index contributed by atoms with van der Waals surface area (Å²) in [7, 11) is 1.44. The van der Waals surface area contributed by atoms with Crippen LogP contribution in [0.4, 0.5) is 10.1 Å². The highest BCUT2D eigenvalue weighted by molar-refractivity contribution is 5.96. The number of rotatable bonds is 4. The number of ether oxygens (including phenoxy) is 1. The Bertz CT molecular complexity index is 658. The zero-order valence-corrected chi connectivity index (χ0v) is 12.0. The van der Waals surface area contributed by atoms with Gasteiger partial charge in [-0.15, -0.1) is 0 Å². The number of aliphatic carboxylic acids is 1. The predicted molar refractivity (Wildman–Crippen MR) is 76.9 cm³/mol. The molecule has 116 valence electrons. The lowest BCUT2D eigenvalue weighted by Crippen LogP contribution is -2.36. The number of allylic oxidation sites excluding steroid dienone is 2. The van der Waals surface area contributed by atoms with Crippen molar-refractivity contribution in [3.05, 3.63) is 36.2 Å². The molecule has 1 amide bonds. The summed E-state index contributed by atoms with van der Waals surface area (Å²) in [5.74, 6) is -3.24. The van der Waals surface area contributed by atoms with Gasteiger partial charge >= 0.3 is 5.97 Å². The maximum absolute atomic E-state index is 13.8. The molecule has 1 saturated carbocycles. The number of methoxy groups -OCH3 is 1. The Balaban J connectivity index is 1.83. The fourth-order valence-corrected chi connectivity index (χ4v) is 3.46. The summed E-state index contributed by atoms with van der Waals surface area (Å²) in [5.41, 5.74) is 0.000224. The van der Waals surface area contributed by atoms with Gasteiger partial charge in [0.2, 0.25) is 5.91 Å². The van der Waals surface area contributed by atoms with Gasteiger partial charge in [-0.3, -0.25) is 9.59 Å². The lowest BCUT2D eigenvalue weighted by Gasteiger charge is -2.24. The molecule has 0 spiro atoms. The number of carbonyl (C=O) groups excluding carboxylic acids is 1. The number of hydrogen-bond acceptors (Lipinski definition) is 3. The molecule has 2 aliphatic carbocycles. The van der Waals surface area contributed by atoms with Crippen LogP contribution in [0.3, 0.4) is 0 Å². The number of carboxylic acids is 1. The van der Waals surface area contributed by atoms with Crippen molar-refractivity contribution in [3.63, 3.8) is 0 Å². The number of amides is 1. The molecule has 6 heteroatoms. The standard InChI is InChI=1S/C16H16FNO4/c1-22-10-4-5-11(17)12(7-10)18-15(19)13-8-2-3-9(6-8)14(13)16(20)21/h2-5,7-9,13-14H,6H2,1H3,(H,18,19)(H,20,21). The number of carboxylic acid groups (broad SMARTS) is 1. The third-order valence-electron chi connectivity index (χ3n) is 4.48. The minimum Gasteiger partial charge on any atom is -0.497 e. The van der Waals surface area contributed by atoms with Gasteiger partial charge in [-0.25, -0.2) is 4.39 Å². The third kappa shape index (κ3) is 2.34. The van der Waals surface area contributed by atoms with Gasteiger partial charge in [-0.1, -0.05) is 12.2 Å². The highest BCUT2D eigenvalue weighted by Gasteiger charge is 2.51. The van der Waals surface area contributed by atoms with Crippen molar-refractivity contribution in [1.29, 1.82) is 0 Å². The minimum atomic E-state index is -0.983. The second-order valence-electron chi connectivity index (χ2n) is 5.67. The first-order valence-electron chi connectivity index (χ1n) is 7.07. The zero-order valence-electron chi connectivity index (χ0n) is 12.0. The van der Waals surface area contributed by atoms with E-state index in [9.17, 15) is 19.1 Å². The Morgan fingerprint density at radius 1 is 1.27 bits per heavy atom. The summed E-state index contributed by atoms with van der Waals surface area (Å²) in [4.78, 5) is 23.9. The molecule has 4 unspecified atom stereocenters. The van der Waals surface area contributed by atoms with Crippen molar-refractivity contribution >= 4 is 17.6 Å². The summed E-state index contributed by atoms with van der Waals surface area (Å²) in [6, 6.07) is 4.03. The van der Waals surface area contributed by atoms with Crippen LogP contribution in [-0.4, -0.2) is 24.1 Å². The van der Waals surface area contributed by atoms with Crippen molar-refractivity contribution in [2.45, 2.75) is 6.42 Å². The molecule has 2 N–H and O–H groups in total. The molecule has 1 fully saturated rings. The molecule has 0 saturated heterocycles. The maximum Gasteiger partial charge on any atom is 0.307 e. The van der Waals surface area contributed by atoms with Crippen molar-refractivity contribution in [3.8, 4) is 5.75 Å². The second-order valence-corrected chi connectivity index (χ2v) is 5.67. The molecule has 0 aliphatic heterocycles. The van der Waals surface area contributed by atoms with Gasteiger partial charge < -0.3 is 15.2 Å². The largest absolute Gasteiger partial charge is 0.497 e. The van der Waals surface area contributed by atoms with Crippen LogP contribution < -0.4 is 10.1 Å². The maximum atomic E-state index is 13.8. The van der Waals surface area contributed by atoms with Gasteiger partial charge in [0.25, 0.3) is 0 Å². The lowest BCUT2D eigenvalue weighted by atomic mass is 9.82. The molecule has 3 rings (SSSR count). The van der Waals surface area contributed by atoms with Crippen molar-refractivity contribution in [1.82, 2.24) is 0 Å².